The lowest BCUT2D eigenvalue weighted by atomic mass is 10.2. The normalized spacial score (nSPS) is 11.5. The minimum Gasteiger partial charge on any atom is -0.197 e. The number of rotatable bonds is 2. The summed E-state index contributed by atoms with van der Waals surface area (Å²) in [7, 11) is -3.65. The largest absolute Gasteiger partial charge is 0.307 e. The molecule has 0 radical (unpaired) electrons. The van der Waals surface area contributed by atoms with Crippen molar-refractivity contribution in [2.24, 2.45) is 0 Å². The van der Waals surface area contributed by atoms with Gasteiger partial charge in [0.05, 0.1) is 4.90 Å². The quantitative estimate of drug-likeness (QED) is 0.587. The number of hydrogen-bond donors (Lipinski definition) is 1. The fourth-order valence-corrected chi connectivity index (χ4v) is 1.56. The highest BCUT2D eigenvalue weighted by Gasteiger charge is 2.12. The third kappa shape index (κ3) is 2.00. The molecular weight excluding hydrogens is 196 g/mol. The van der Waals surface area contributed by atoms with Crippen molar-refractivity contribution in [3.63, 3.8) is 0 Å². The van der Waals surface area contributed by atoms with Crippen LogP contribution in [0, 0.1) is 6.92 Å². The number of hydrogen-bond acceptors (Lipinski definition) is 4. The van der Waals surface area contributed by atoms with Crippen molar-refractivity contribution in [2.75, 3.05) is 0 Å². The zero-order chi connectivity index (χ0) is 9.19. The van der Waals surface area contributed by atoms with Gasteiger partial charge in [-0.2, -0.15) is 12.0 Å². The van der Waals surface area contributed by atoms with Gasteiger partial charge in [-0.15, -0.1) is 0 Å². The molecule has 0 amide bonds. The second-order valence-corrected chi connectivity index (χ2v) is 4.32. The molecule has 0 aliphatic heterocycles. The van der Waals surface area contributed by atoms with Crippen LogP contribution in [0.3, 0.4) is 0 Å². The first-order chi connectivity index (χ1) is 5.56. The molecule has 1 rings (SSSR count). The van der Waals surface area contributed by atoms with Gasteiger partial charge in [-0.3, -0.25) is 0 Å². The second-order valence-electron chi connectivity index (χ2n) is 2.34. The molecule has 0 bridgehead atoms. The molecule has 0 spiro atoms. The van der Waals surface area contributed by atoms with E-state index < -0.39 is 10.1 Å². The summed E-state index contributed by atoms with van der Waals surface area (Å²) < 4.78 is 26.1. The molecule has 0 atom stereocenters. The molecule has 0 saturated heterocycles. The minimum absolute atomic E-state index is 0.114. The smallest absolute Gasteiger partial charge is 0.197 e. The standard InChI is InChI=1S/C7H8O3S2/c1-6-2-4-7(5-3-6)12(8,9)10-11/h2-5,11H,1H3. The first kappa shape index (κ1) is 9.57. The van der Waals surface area contributed by atoms with Crippen LogP contribution in [0.25, 0.3) is 0 Å². The Hall–Kier alpha value is -0.520. The molecule has 0 heterocycles. The molecule has 0 aromatic heterocycles. The van der Waals surface area contributed by atoms with E-state index in [1.54, 1.807) is 12.1 Å². The fourth-order valence-electron chi connectivity index (χ4n) is 0.748. The summed E-state index contributed by atoms with van der Waals surface area (Å²) in [4.78, 5) is 0.114. The third-order valence-corrected chi connectivity index (χ3v) is 3.04. The van der Waals surface area contributed by atoms with Crippen LogP contribution in [0.1, 0.15) is 5.56 Å². The molecule has 0 aliphatic carbocycles. The minimum atomic E-state index is -3.65. The lowest BCUT2D eigenvalue weighted by Gasteiger charge is -1.99. The van der Waals surface area contributed by atoms with E-state index in [1.165, 1.54) is 12.1 Å². The Morgan fingerprint density at radius 1 is 1.25 bits per heavy atom. The van der Waals surface area contributed by atoms with E-state index in [1.807, 2.05) is 6.92 Å². The van der Waals surface area contributed by atoms with Gasteiger partial charge in [0.1, 0.15) is 0 Å². The molecule has 1 aromatic carbocycles. The lowest BCUT2D eigenvalue weighted by molar-refractivity contribution is 0.521. The average molecular weight is 204 g/mol. The highest BCUT2D eigenvalue weighted by Crippen LogP contribution is 2.13. The van der Waals surface area contributed by atoms with Gasteiger partial charge in [-0.05, 0) is 32.0 Å². The Kier molecular flexibility index (Phi) is 2.76. The monoisotopic (exact) mass is 204 g/mol. The highest BCUT2D eigenvalue weighted by molar-refractivity contribution is 7.95. The maximum Gasteiger partial charge on any atom is 0.307 e. The van der Waals surface area contributed by atoms with Crippen LogP contribution in [-0.2, 0) is 13.7 Å². The molecule has 0 aliphatic rings. The molecule has 0 saturated carbocycles. The van der Waals surface area contributed by atoms with Crippen molar-refractivity contribution in [1.29, 1.82) is 0 Å². The van der Waals surface area contributed by atoms with Gasteiger partial charge in [-0.25, -0.2) is 0 Å². The Bertz CT molecular complexity index is 353. The van der Waals surface area contributed by atoms with Gasteiger partial charge in [0.25, 0.3) is 0 Å². The van der Waals surface area contributed by atoms with E-state index in [9.17, 15) is 8.42 Å². The third-order valence-electron chi connectivity index (χ3n) is 1.41. The summed E-state index contributed by atoms with van der Waals surface area (Å²) in [5, 5.41) is 0. The lowest BCUT2D eigenvalue weighted by Crippen LogP contribution is -1.99. The maximum absolute atomic E-state index is 11.0. The van der Waals surface area contributed by atoms with Crippen molar-refractivity contribution in [3.8, 4) is 0 Å². The van der Waals surface area contributed by atoms with Crippen molar-refractivity contribution >= 4 is 23.0 Å². The molecule has 0 fully saturated rings. The molecule has 0 N–H and O–H groups in total. The van der Waals surface area contributed by atoms with Gasteiger partial charge >= 0.3 is 10.1 Å². The van der Waals surface area contributed by atoms with E-state index in [-0.39, 0.29) is 4.90 Å². The van der Waals surface area contributed by atoms with E-state index in [0.29, 0.717) is 0 Å². The average Bonchev–Trinajstić information content (AvgIpc) is 2.05. The Labute approximate surface area is 77.1 Å². The van der Waals surface area contributed by atoms with E-state index in [2.05, 4.69) is 16.5 Å². The fraction of sp³-hybridized carbons (Fsp3) is 0.143. The molecule has 5 heteroatoms. The molecule has 12 heavy (non-hydrogen) atoms. The van der Waals surface area contributed by atoms with Crippen LogP contribution in [0.15, 0.2) is 29.2 Å². The molecule has 0 unspecified atom stereocenters. The van der Waals surface area contributed by atoms with Crippen LogP contribution < -0.4 is 0 Å². The zero-order valence-electron chi connectivity index (χ0n) is 6.39. The number of thiol groups is 1. The molecule has 1 aromatic rings. The summed E-state index contributed by atoms with van der Waals surface area (Å²) in [5.41, 5.74) is 0.994. The molecule has 66 valence electrons. The molecular formula is C7H8O3S2. The number of benzene rings is 1. The van der Waals surface area contributed by atoms with E-state index >= 15 is 0 Å². The van der Waals surface area contributed by atoms with E-state index in [0.717, 1.165) is 5.56 Å². The summed E-state index contributed by atoms with van der Waals surface area (Å²) in [6.07, 6.45) is 0. The summed E-state index contributed by atoms with van der Waals surface area (Å²) in [5.74, 6) is 0. The number of aryl methyl sites for hydroxylation is 1. The van der Waals surface area contributed by atoms with Crippen molar-refractivity contribution in [2.45, 2.75) is 11.8 Å². The topological polar surface area (TPSA) is 43.4 Å². The Morgan fingerprint density at radius 2 is 1.75 bits per heavy atom. The second kappa shape index (κ2) is 3.47. The zero-order valence-corrected chi connectivity index (χ0v) is 8.10. The van der Waals surface area contributed by atoms with Gasteiger partial charge in [-0.1, -0.05) is 17.7 Å². The van der Waals surface area contributed by atoms with Gasteiger partial charge in [0, 0.05) is 0 Å². The first-order valence-corrected chi connectivity index (χ1v) is 4.98. The summed E-state index contributed by atoms with van der Waals surface area (Å²) >= 11 is 3.25. The van der Waals surface area contributed by atoms with Crippen LogP contribution in [0.5, 0.6) is 0 Å². The Balaban J connectivity index is 3.14. The van der Waals surface area contributed by atoms with Crippen LogP contribution >= 0.6 is 12.9 Å². The first-order valence-electron chi connectivity index (χ1n) is 3.21. The predicted octanol–water partition coefficient (Wildman–Crippen LogP) is 1.55. The van der Waals surface area contributed by atoms with E-state index in [4.69, 9.17) is 0 Å². The maximum atomic E-state index is 11.0. The SMILES string of the molecule is Cc1ccc(S(=O)(=O)OS)cc1. The van der Waals surface area contributed by atoms with Crippen LogP contribution in [0.4, 0.5) is 0 Å². The Morgan fingerprint density at radius 3 is 2.17 bits per heavy atom. The highest BCUT2D eigenvalue weighted by atomic mass is 32.3. The van der Waals surface area contributed by atoms with Crippen molar-refractivity contribution < 1.29 is 12.0 Å². The summed E-state index contributed by atoms with van der Waals surface area (Å²) in [6.45, 7) is 1.87. The van der Waals surface area contributed by atoms with Crippen LogP contribution in [0.2, 0.25) is 0 Å². The summed E-state index contributed by atoms with van der Waals surface area (Å²) in [6, 6.07) is 6.33. The van der Waals surface area contributed by atoms with Crippen molar-refractivity contribution in [1.82, 2.24) is 0 Å². The van der Waals surface area contributed by atoms with Gasteiger partial charge < -0.3 is 0 Å². The van der Waals surface area contributed by atoms with Gasteiger partial charge in [0.15, 0.2) is 0 Å². The predicted molar refractivity (Wildman–Crippen MR) is 48.4 cm³/mol. The van der Waals surface area contributed by atoms with Gasteiger partial charge in [0.2, 0.25) is 0 Å². The molecule has 3 nitrogen and oxygen atoms in total. The van der Waals surface area contributed by atoms with Crippen LogP contribution in [-0.4, -0.2) is 8.42 Å². The van der Waals surface area contributed by atoms with Crippen molar-refractivity contribution in [3.05, 3.63) is 29.8 Å².